The summed E-state index contributed by atoms with van der Waals surface area (Å²) in [7, 11) is -3.07. The van der Waals surface area contributed by atoms with Crippen LogP contribution in [0.5, 0.6) is 0 Å². The number of benzene rings is 1. The van der Waals surface area contributed by atoms with E-state index in [0.29, 0.717) is 17.5 Å². The van der Waals surface area contributed by atoms with Gasteiger partial charge in [0.2, 0.25) is 0 Å². The fourth-order valence-corrected chi connectivity index (χ4v) is 4.43. The Morgan fingerprint density at radius 3 is 2.63 bits per heavy atom. The number of nitrogens with one attached hydrogen (secondary N) is 1. The van der Waals surface area contributed by atoms with Crippen LogP contribution >= 0.6 is 0 Å². The zero-order valence-electron chi connectivity index (χ0n) is 10.9. The molecule has 1 heterocycles. The first kappa shape index (κ1) is 14.0. The first-order chi connectivity index (χ1) is 8.71. The van der Waals surface area contributed by atoms with Gasteiger partial charge in [-0.3, -0.25) is 4.79 Å². The number of amides is 1. The van der Waals surface area contributed by atoms with Gasteiger partial charge in [0.15, 0.2) is 9.84 Å². The van der Waals surface area contributed by atoms with Crippen LogP contribution in [0.2, 0.25) is 0 Å². The monoisotopic (exact) mass is 285 g/mol. The van der Waals surface area contributed by atoms with E-state index in [1.165, 1.54) is 18.2 Å². The van der Waals surface area contributed by atoms with E-state index < -0.39 is 21.2 Å². The fourth-order valence-electron chi connectivity index (χ4n) is 2.33. The van der Waals surface area contributed by atoms with Crippen molar-refractivity contribution in [2.24, 2.45) is 0 Å². The van der Waals surface area contributed by atoms with Crippen LogP contribution < -0.4 is 5.32 Å². The zero-order valence-corrected chi connectivity index (χ0v) is 11.7. The Labute approximate surface area is 111 Å². The summed E-state index contributed by atoms with van der Waals surface area (Å²) in [6.07, 6.45) is 0.404. The number of rotatable bonds is 2. The quantitative estimate of drug-likeness (QED) is 0.894. The first-order valence-electron chi connectivity index (χ1n) is 6.00. The summed E-state index contributed by atoms with van der Waals surface area (Å²) < 4.78 is 35.9. The van der Waals surface area contributed by atoms with Crippen molar-refractivity contribution in [1.29, 1.82) is 0 Å². The van der Waals surface area contributed by atoms with Crippen molar-refractivity contribution in [2.75, 3.05) is 11.5 Å². The second kappa shape index (κ2) is 4.59. The summed E-state index contributed by atoms with van der Waals surface area (Å²) in [5.74, 6) is -0.723. The molecule has 1 saturated heterocycles. The van der Waals surface area contributed by atoms with E-state index in [-0.39, 0.29) is 17.4 Å². The largest absolute Gasteiger partial charge is 0.346 e. The van der Waals surface area contributed by atoms with Crippen molar-refractivity contribution in [1.82, 2.24) is 5.32 Å². The Balaban J connectivity index is 2.18. The minimum absolute atomic E-state index is 0.0496. The molecule has 0 aliphatic carbocycles. The summed E-state index contributed by atoms with van der Waals surface area (Å²) in [5, 5.41) is 2.75. The van der Waals surface area contributed by atoms with Crippen LogP contribution in [-0.4, -0.2) is 31.4 Å². The lowest BCUT2D eigenvalue weighted by atomic mass is 10.0. The Morgan fingerprint density at radius 1 is 1.42 bits per heavy atom. The summed E-state index contributed by atoms with van der Waals surface area (Å²) in [6, 6.07) is 3.91. The molecule has 1 amide bonds. The van der Waals surface area contributed by atoms with E-state index in [4.69, 9.17) is 0 Å². The summed E-state index contributed by atoms with van der Waals surface area (Å²) in [6.45, 7) is 3.36. The normalized spacial score (nSPS) is 25.2. The highest BCUT2D eigenvalue weighted by Gasteiger charge is 2.39. The molecule has 0 saturated carbocycles. The Kier molecular flexibility index (Phi) is 3.38. The van der Waals surface area contributed by atoms with Gasteiger partial charge in [0.05, 0.1) is 17.0 Å². The third-order valence-electron chi connectivity index (χ3n) is 3.35. The predicted molar refractivity (Wildman–Crippen MR) is 70.3 cm³/mol. The Morgan fingerprint density at radius 2 is 2.11 bits per heavy atom. The molecule has 4 nitrogen and oxygen atoms in total. The van der Waals surface area contributed by atoms with Crippen LogP contribution in [0.1, 0.15) is 29.3 Å². The van der Waals surface area contributed by atoms with E-state index in [1.807, 2.05) is 0 Å². The van der Waals surface area contributed by atoms with Crippen molar-refractivity contribution < 1.29 is 17.6 Å². The van der Waals surface area contributed by atoms with E-state index in [2.05, 4.69) is 5.32 Å². The summed E-state index contributed by atoms with van der Waals surface area (Å²) in [4.78, 5) is 12.1. The van der Waals surface area contributed by atoms with Crippen molar-refractivity contribution in [3.63, 3.8) is 0 Å². The molecule has 1 aromatic rings. The minimum Gasteiger partial charge on any atom is -0.346 e. The second-order valence-corrected chi connectivity index (χ2v) is 7.50. The minimum atomic E-state index is -3.07. The molecule has 1 aromatic carbocycles. The lowest BCUT2D eigenvalue weighted by molar-refractivity contribution is 0.0914. The van der Waals surface area contributed by atoms with Gasteiger partial charge in [-0.2, -0.15) is 0 Å². The van der Waals surface area contributed by atoms with Gasteiger partial charge in [0.25, 0.3) is 5.91 Å². The van der Waals surface area contributed by atoms with Crippen LogP contribution in [0.3, 0.4) is 0 Å². The predicted octanol–water partition coefficient (Wildman–Crippen LogP) is 1.44. The molecule has 0 bridgehead atoms. The number of sulfone groups is 1. The highest BCUT2D eigenvalue weighted by molar-refractivity contribution is 7.91. The SMILES string of the molecule is Cc1cc(F)ccc1C(=O)NC1(C)CCS(=O)(=O)C1. The molecule has 104 valence electrons. The van der Waals surface area contributed by atoms with Crippen molar-refractivity contribution in [3.8, 4) is 0 Å². The van der Waals surface area contributed by atoms with Gasteiger partial charge in [0.1, 0.15) is 5.82 Å². The van der Waals surface area contributed by atoms with Gasteiger partial charge in [0, 0.05) is 5.56 Å². The van der Waals surface area contributed by atoms with Crippen LogP contribution in [0.15, 0.2) is 18.2 Å². The first-order valence-corrected chi connectivity index (χ1v) is 7.82. The molecule has 0 spiro atoms. The highest BCUT2D eigenvalue weighted by Crippen LogP contribution is 2.23. The van der Waals surface area contributed by atoms with E-state index >= 15 is 0 Å². The van der Waals surface area contributed by atoms with Gasteiger partial charge < -0.3 is 5.32 Å². The average molecular weight is 285 g/mol. The lowest BCUT2D eigenvalue weighted by Gasteiger charge is -2.24. The molecule has 0 radical (unpaired) electrons. The molecule has 1 unspecified atom stereocenters. The topological polar surface area (TPSA) is 63.2 Å². The molecular weight excluding hydrogens is 269 g/mol. The van der Waals surface area contributed by atoms with Crippen molar-refractivity contribution in [3.05, 3.63) is 35.1 Å². The van der Waals surface area contributed by atoms with Crippen LogP contribution in [0, 0.1) is 12.7 Å². The molecule has 6 heteroatoms. The molecule has 19 heavy (non-hydrogen) atoms. The third kappa shape index (κ3) is 3.12. The molecule has 1 aliphatic rings. The third-order valence-corrected chi connectivity index (χ3v) is 5.25. The molecule has 1 atom stereocenters. The molecular formula is C13H16FNO3S. The van der Waals surface area contributed by atoms with Gasteiger partial charge >= 0.3 is 0 Å². The average Bonchev–Trinajstić information content (AvgIpc) is 2.52. The van der Waals surface area contributed by atoms with Gasteiger partial charge in [-0.05, 0) is 44.0 Å². The number of halogens is 1. The fraction of sp³-hybridized carbons (Fsp3) is 0.462. The van der Waals surface area contributed by atoms with Crippen molar-refractivity contribution in [2.45, 2.75) is 25.8 Å². The lowest BCUT2D eigenvalue weighted by Crippen LogP contribution is -2.47. The second-order valence-electron chi connectivity index (χ2n) is 5.32. The number of carbonyl (C=O) groups excluding carboxylic acids is 1. The smallest absolute Gasteiger partial charge is 0.252 e. The van der Waals surface area contributed by atoms with Gasteiger partial charge in [-0.1, -0.05) is 0 Å². The van der Waals surface area contributed by atoms with E-state index in [1.54, 1.807) is 13.8 Å². The highest BCUT2D eigenvalue weighted by atomic mass is 32.2. The van der Waals surface area contributed by atoms with Crippen molar-refractivity contribution >= 4 is 15.7 Å². The number of hydrogen-bond acceptors (Lipinski definition) is 3. The van der Waals surface area contributed by atoms with Crippen LogP contribution in [0.4, 0.5) is 4.39 Å². The van der Waals surface area contributed by atoms with Gasteiger partial charge in [-0.15, -0.1) is 0 Å². The maximum Gasteiger partial charge on any atom is 0.252 e. The molecule has 1 N–H and O–H groups in total. The zero-order chi connectivity index (χ0) is 14.3. The standard InChI is InChI=1S/C13H16FNO3S/c1-9-7-10(14)3-4-11(9)12(16)15-13(2)5-6-19(17,18)8-13/h3-4,7H,5-6,8H2,1-2H3,(H,15,16). The maximum absolute atomic E-state index is 13.0. The van der Waals surface area contributed by atoms with Crippen LogP contribution in [-0.2, 0) is 9.84 Å². The van der Waals surface area contributed by atoms with Gasteiger partial charge in [-0.25, -0.2) is 12.8 Å². The molecule has 2 rings (SSSR count). The maximum atomic E-state index is 13.0. The number of aryl methyl sites for hydroxylation is 1. The number of hydrogen-bond donors (Lipinski definition) is 1. The van der Waals surface area contributed by atoms with E-state index in [9.17, 15) is 17.6 Å². The molecule has 1 aliphatic heterocycles. The molecule has 1 fully saturated rings. The number of carbonyl (C=O) groups is 1. The van der Waals surface area contributed by atoms with E-state index in [0.717, 1.165) is 0 Å². The Bertz CT molecular complexity index is 627. The van der Waals surface area contributed by atoms with Crippen LogP contribution in [0.25, 0.3) is 0 Å². The Hall–Kier alpha value is -1.43. The summed E-state index contributed by atoms with van der Waals surface area (Å²) >= 11 is 0. The summed E-state index contributed by atoms with van der Waals surface area (Å²) in [5.41, 5.74) is 0.158. The molecule has 0 aromatic heterocycles.